The third kappa shape index (κ3) is 2.65. The van der Waals surface area contributed by atoms with Gasteiger partial charge in [0.05, 0.1) is 5.51 Å². The summed E-state index contributed by atoms with van der Waals surface area (Å²) >= 11 is 1.51. The van der Waals surface area contributed by atoms with Crippen LogP contribution >= 0.6 is 11.3 Å². The first-order valence-corrected chi connectivity index (χ1v) is 6.20. The molecule has 1 unspecified atom stereocenters. The van der Waals surface area contributed by atoms with Crippen molar-refractivity contribution in [3.05, 3.63) is 16.8 Å². The minimum absolute atomic E-state index is 0.0914. The molecule has 6 heteroatoms. The summed E-state index contributed by atoms with van der Waals surface area (Å²) in [5, 5.41) is 5.76. The molecule has 0 saturated heterocycles. The van der Waals surface area contributed by atoms with E-state index >= 15 is 0 Å². The Hall–Kier alpha value is -1.27. The second kappa shape index (κ2) is 5.18. The van der Waals surface area contributed by atoms with Gasteiger partial charge in [-0.05, 0) is 6.42 Å². The molecule has 0 aromatic carbocycles. The molecule has 0 fully saturated rings. The molecule has 2 N–H and O–H groups in total. The molecule has 0 aliphatic rings. The first-order chi connectivity index (χ1) is 7.79. The fourth-order valence-corrected chi connectivity index (χ4v) is 1.99. The van der Waals surface area contributed by atoms with E-state index in [9.17, 15) is 0 Å². The quantitative estimate of drug-likeness (QED) is 0.860. The van der Waals surface area contributed by atoms with Crippen LogP contribution in [0, 0.1) is 0 Å². The van der Waals surface area contributed by atoms with E-state index in [0.29, 0.717) is 18.1 Å². The van der Waals surface area contributed by atoms with E-state index in [4.69, 9.17) is 10.3 Å². The summed E-state index contributed by atoms with van der Waals surface area (Å²) in [5.74, 6) is 1.13. The highest BCUT2D eigenvalue weighted by molar-refractivity contribution is 7.07. The average Bonchev–Trinajstić information content (AvgIpc) is 2.86. The molecule has 0 spiro atoms. The smallest absolute Gasteiger partial charge is 0.228 e. The normalized spacial score (nSPS) is 12.9. The first kappa shape index (κ1) is 11.2. The summed E-state index contributed by atoms with van der Waals surface area (Å²) < 4.78 is 5.13. The maximum absolute atomic E-state index is 5.90. The van der Waals surface area contributed by atoms with Crippen molar-refractivity contribution in [3.8, 4) is 11.5 Å². The maximum Gasteiger partial charge on any atom is 0.228 e. The Morgan fingerprint density at radius 2 is 2.44 bits per heavy atom. The predicted molar refractivity (Wildman–Crippen MR) is 62.0 cm³/mol. The lowest BCUT2D eigenvalue weighted by Gasteiger charge is -2.05. The number of thiazole rings is 1. The van der Waals surface area contributed by atoms with Crippen molar-refractivity contribution >= 4 is 11.3 Å². The first-order valence-electron chi connectivity index (χ1n) is 5.26. The SMILES string of the molecule is CCCC(N)Cc1nc(-c2cscn2)no1. The monoisotopic (exact) mass is 238 g/mol. The third-order valence-electron chi connectivity index (χ3n) is 2.23. The fraction of sp³-hybridized carbons (Fsp3) is 0.500. The summed E-state index contributed by atoms with van der Waals surface area (Å²) in [4.78, 5) is 8.38. The van der Waals surface area contributed by atoms with Crippen LogP contribution in [0.4, 0.5) is 0 Å². The van der Waals surface area contributed by atoms with Gasteiger partial charge in [0, 0.05) is 17.8 Å². The van der Waals surface area contributed by atoms with Crippen molar-refractivity contribution in [2.24, 2.45) is 5.73 Å². The molecule has 0 aliphatic carbocycles. The molecule has 5 nitrogen and oxygen atoms in total. The lowest BCUT2D eigenvalue weighted by Crippen LogP contribution is -2.22. The molecule has 0 amide bonds. The van der Waals surface area contributed by atoms with Crippen LogP contribution in [0.1, 0.15) is 25.7 Å². The van der Waals surface area contributed by atoms with E-state index in [0.717, 1.165) is 18.5 Å². The van der Waals surface area contributed by atoms with Crippen LogP contribution in [0.25, 0.3) is 11.5 Å². The Morgan fingerprint density at radius 3 is 3.12 bits per heavy atom. The van der Waals surface area contributed by atoms with Gasteiger partial charge >= 0.3 is 0 Å². The molecule has 16 heavy (non-hydrogen) atoms. The van der Waals surface area contributed by atoms with Gasteiger partial charge < -0.3 is 10.3 Å². The fourth-order valence-electron chi connectivity index (χ4n) is 1.46. The van der Waals surface area contributed by atoms with Crippen molar-refractivity contribution in [1.29, 1.82) is 0 Å². The molecule has 2 aromatic rings. The Bertz CT molecular complexity index is 426. The minimum atomic E-state index is 0.0914. The van der Waals surface area contributed by atoms with Gasteiger partial charge in [0.1, 0.15) is 5.69 Å². The van der Waals surface area contributed by atoms with Gasteiger partial charge in [-0.1, -0.05) is 18.5 Å². The van der Waals surface area contributed by atoms with E-state index < -0.39 is 0 Å². The van der Waals surface area contributed by atoms with Gasteiger partial charge in [-0.2, -0.15) is 4.98 Å². The Balaban J connectivity index is 2.03. The molecular weight excluding hydrogens is 224 g/mol. The summed E-state index contributed by atoms with van der Waals surface area (Å²) in [7, 11) is 0. The average molecular weight is 238 g/mol. The molecule has 0 saturated carbocycles. The molecule has 86 valence electrons. The Labute approximate surface area is 97.7 Å². The number of hydrogen-bond donors (Lipinski definition) is 1. The summed E-state index contributed by atoms with van der Waals surface area (Å²) in [5.41, 5.74) is 8.40. The van der Waals surface area contributed by atoms with Crippen molar-refractivity contribution in [2.75, 3.05) is 0 Å². The lowest BCUT2D eigenvalue weighted by molar-refractivity contribution is 0.366. The van der Waals surface area contributed by atoms with E-state index in [2.05, 4.69) is 22.0 Å². The molecule has 2 rings (SSSR count). The van der Waals surface area contributed by atoms with Crippen LogP contribution in [-0.2, 0) is 6.42 Å². The number of hydrogen-bond acceptors (Lipinski definition) is 6. The number of rotatable bonds is 5. The molecule has 0 bridgehead atoms. The van der Waals surface area contributed by atoms with Gasteiger partial charge in [-0.3, -0.25) is 0 Å². The van der Waals surface area contributed by atoms with Crippen LogP contribution < -0.4 is 5.73 Å². The number of nitrogens with zero attached hydrogens (tertiary/aromatic N) is 3. The zero-order valence-corrected chi connectivity index (χ0v) is 9.91. The van der Waals surface area contributed by atoms with Crippen LogP contribution in [0.15, 0.2) is 15.4 Å². The second-order valence-electron chi connectivity index (χ2n) is 3.64. The van der Waals surface area contributed by atoms with E-state index in [-0.39, 0.29) is 6.04 Å². The van der Waals surface area contributed by atoms with Gasteiger partial charge in [0.2, 0.25) is 11.7 Å². The Kier molecular flexibility index (Phi) is 3.63. The minimum Gasteiger partial charge on any atom is -0.339 e. The van der Waals surface area contributed by atoms with Crippen LogP contribution in [0.5, 0.6) is 0 Å². The molecule has 0 aliphatic heterocycles. The number of nitrogens with two attached hydrogens (primary N) is 1. The van der Waals surface area contributed by atoms with Gasteiger partial charge in [0.15, 0.2) is 0 Å². The second-order valence-corrected chi connectivity index (χ2v) is 4.36. The zero-order valence-electron chi connectivity index (χ0n) is 9.09. The van der Waals surface area contributed by atoms with Crippen LogP contribution in [0.3, 0.4) is 0 Å². The maximum atomic E-state index is 5.90. The highest BCUT2D eigenvalue weighted by Crippen LogP contribution is 2.15. The zero-order chi connectivity index (χ0) is 11.4. The van der Waals surface area contributed by atoms with E-state index in [1.807, 2.05) is 5.38 Å². The number of aromatic nitrogens is 3. The highest BCUT2D eigenvalue weighted by Gasteiger charge is 2.12. The van der Waals surface area contributed by atoms with Gasteiger partial charge in [-0.25, -0.2) is 4.98 Å². The molecule has 2 heterocycles. The van der Waals surface area contributed by atoms with Gasteiger partial charge in [0.25, 0.3) is 0 Å². The summed E-state index contributed by atoms with van der Waals surface area (Å²) in [6.07, 6.45) is 2.66. The van der Waals surface area contributed by atoms with E-state index in [1.165, 1.54) is 11.3 Å². The van der Waals surface area contributed by atoms with Gasteiger partial charge in [-0.15, -0.1) is 11.3 Å². The summed E-state index contributed by atoms with van der Waals surface area (Å²) in [6, 6.07) is 0.0914. The highest BCUT2D eigenvalue weighted by atomic mass is 32.1. The predicted octanol–water partition coefficient (Wildman–Crippen LogP) is 1.86. The van der Waals surface area contributed by atoms with Crippen LogP contribution in [-0.4, -0.2) is 21.2 Å². The van der Waals surface area contributed by atoms with Crippen molar-refractivity contribution in [3.63, 3.8) is 0 Å². The Morgan fingerprint density at radius 1 is 1.56 bits per heavy atom. The largest absolute Gasteiger partial charge is 0.339 e. The van der Waals surface area contributed by atoms with Crippen molar-refractivity contribution in [2.45, 2.75) is 32.2 Å². The van der Waals surface area contributed by atoms with Crippen molar-refractivity contribution in [1.82, 2.24) is 15.1 Å². The topological polar surface area (TPSA) is 77.8 Å². The third-order valence-corrected chi connectivity index (χ3v) is 2.81. The van der Waals surface area contributed by atoms with Crippen molar-refractivity contribution < 1.29 is 4.52 Å². The molecule has 2 aromatic heterocycles. The standard InChI is InChI=1S/C10H14N4OS/c1-2-3-7(11)4-9-13-10(14-15-9)8-5-16-6-12-8/h5-7H,2-4,11H2,1H3. The van der Waals surface area contributed by atoms with E-state index in [1.54, 1.807) is 5.51 Å². The lowest BCUT2D eigenvalue weighted by atomic mass is 10.1. The summed E-state index contributed by atoms with van der Waals surface area (Å²) in [6.45, 7) is 2.11. The van der Waals surface area contributed by atoms with Crippen LogP contribution in [0.2, 0.25) is 0 Å². The molecule has 0 radical (unpaired) electrons. The molecule has 1 atom stereocenters. The molecular formula is C10H14N4OS.